The quantitative estimate of drug-likeness (QED) is 0.0310. The van der Waals surface area contributed by atoms with E-state index in [-0.39, 0.29) is 185 Å². The molecule has 0 bridgehead atoms. The van der Waals surface area contributed by atoms with E-state index in [1.54, 1.807) is 24.3 Å². The monoisotopic (exact) mass is 1060 g/mol. The molecule has 0 N–H and O–H groups in total. The molecule has 0 saturated carbocycles. The van der Waals surface area contributed by atoms with Gasteiger partial charge in [-0.2, -0.15) is 8.91 Å². The molecule has 4 aromatic rings. The van der Waals surface area contributed by atoms with Crippen LogP contribution in [-0.2, 0) is 50.6 Å². The number of halogens is 1. The van der Waals surface area contributed by atoms with E-state index in [2.05, 4.69) is 23.2 Å². The number of benzene rings is 4. The van der Waals surface area contributed by atoms with Crippen LogP contribution in [0.25, 0.3) is 21.5 Å². The Kier molecular flexibility index (Phi) is 20.9. The molecule has 2 aliphatic heterocycles. The van der Waals surface area contributed by atoms with Gasteiger partial charge in [-0.25, -0.2) is 25.3 Å². The number of hydrogen-bond donors (Lipinski definition) is 0. The van der Waals surface area contributed by atoms with Gasteiger partial charge in [0.15, 0.2) is 5.71 Å². The number of allylic oxidation sites excluding steroid dienone is 8. The van der Waals surface area contributed by atoms with Crippen molar-refractivity contribution in [1.29, 1.82) is 0 Å². The van der Waals surface area contributed by atoms with Crippen LogP contribution >= 0.6 is 23.6 Å². The molecule has 2 heterocycles. The van der Waals surface area contributed by atoms with Crippen LogP contribution in [0.2, 0.25) is 0 Å². The van der Waals surface area contributed by atoms with Gasteiger partial charge < -0.3 is 23.8 Å². The van der Waals surface area contributed by atoms with Gasteiger partial charge in [-0.3, -0.25) is 5.04 Å². The molecule has 0 fully saturated rings. The van der Waals surface area contributed by atoms with Crippen LogP contribution in [-0.4, -0.2) is 73.8 Å². The molecule has 330 valence electrons. The molecular weight excluding hydrogens is 1020 g/mol. The standard InChI is InChI=1S/C43H45ClN2O12S4.3K/c1-42(2)37(45(21-5-23-60(48,49)50)35-17-9-29-25-31(59-58-57-47)13-15-33(29)39(35)42)19-11-27-7-8-28(41(27)44)12-20-38-43(3,4)40-34-16-14-32(62(54,55)56)26-30(34)10-18-36(40)46(38)22-6-24-61(51,52)53;;;/h9-20,25-26H,5-8,21-24H2,1-4H3,(H3-,47,48,49,50,51,52,53,54,55,56);;;/q;3*+1/p-3. The molecule has 65 heavy (non-hydrogen) atoms. The summed E-state index contributed by atoms with van der Waals surface area (Å²) in [6.07, 6.45) is 9.19. The fraction of sp³-hybridized carbons (Fsp3) is 0.326. The van der Waals surface area contributed by atoms with Crippen molar-refractivity contribution in [3.63, 3.8) is 0 Å². The van der Waals surface area contributed by atoms with E-state index in [1.807, 2.05) is 71.9 Å². The third-order valence-corrected chi connectivity index (χ3v) is 15.2. The Hall–Kier alpha value is 0.989. The number of nitrogens with zero attached hydrogens (tertiary/aromatic N) is 2. The van der Waals surface area contributed by atoms with Crippen LogP contribution < -0.4 is 164 Å². The minimum atomic E-state index is -4.70. The summed E-state index contributed by atoms with van der Waals surface area (Å²) >= 11 is 7.90. The minimum absolute atomic E-state index is 0. The fourth-order valence-corrected chi connectivity index (χ4v) is 11.2. The van der Waals surface area contributed by atoms with Gasteiger partial charge in [0, 0.05) is 68.9 Å². The van der Waals surface area contributed by atoms with E-state index < -0.39 is 52.7 Å². The van der Waals surface area contributed by atoms with Gasteiger partial charge in [0.2, 0.25) is 5.69 Å². The van der Waals surface area contributed by atoms with Gasteiger partial charge in [-0.1, -0.05) is 55.8 Å². The summed E-state index contributed by atoms with van der Waals surface area (Å²) in [5, 5.41) is 17.6. The van der Waals surface area contributed by atoms with Crippen molar-refractivity contribution in [3.8, 4) is 0 Å². The maximum Gasteiger partial charge on any atom is 1.00 e. The van der Waals surface area contributed by atoms with Gasteiger partial charge in [-0.15, -0.1) is 0 Å². The van der Waals surface area contributed by atoms with Crippen LogP contribution in [0.3, 0.4) is 0 Å². The van der Waals surface area contributed by atoms with Crippen molar-refractivity contribution in [1.82, 2.24) is 0 Å². The predicted octanol–water partition coefficient (Wildman–Crippen LogP) is -2.16. The Morgan fingerprint density at radius 2 is 1.40 bits per heavy atom. The second-order valence-corrected chi connectivity index (χ2v) is 22.0. The molecule has 22 heteroatoms. The van der Waals surface area contributed by atoms with E-state index >= 15 is 0 Å². The van der Waals surface area contributed by atoms with Crippen LogP contribution in [0.1, 0.15) is 64.5 Å². The topological polar surface area (TPSA) is 219 Å². The molecule has 0 saturated heterocycles. The maximum atomic E-state index is 11.8. The normalized spacial score (nSPS) is 18.1. The van der Waals surface area contributed by atoms with Crippen LogP contribution in [0.4, 0.5) is 11.4 Å². The summed E-state index contributed by atoms with van der Waals surface area (Å²) < 4.78 is 112. The molecular formula is C43H42ClK3N2O12S4. The Bertz CT molecular complexity index is 3030. The zero-order valence-electron chi connectivity index (χ0n) is 37.0. The van der Waals surface area contributed by atoms with Crippen molar-refractivity contribution < 1.29 is 212 Å². The molecule has 7 rings (SSSR count). The second kappa shape index (κ2) is 23.2. The number of hydrogen-bond acceptors (Lipinski definition) is 14. The van der Waals surface area contributed by atoms with E-state index in [4.69, 9.17) is 11.6 Å². The third kappa shape index (κ3) is 13.2. The molecule has 3 aliphatic rings. The Morgan fingerprint density at radius 1 is 0.769 bits per heavy atom. The summed E-state index contributed by atoms with van der Waals surface area (Å²) in [6.45, 7) is 8.60. The number of rotatable bonds is 15. The van der Waals surface area contributed by atoms with E-state index in [1.165, 1.54) is 12.1 Å². The van der Waals surface area contributed by atoms with Crippen molar-refractivity contribution in [2.45, 2.75) is 74.0 Å². The number of anilines is 1. The minimum Gasteiger partial charge on any atom is -0.748 e. The summed E-state index contributed by atoms with van der Waals surface area (Å²) in [4.78, 5) is 2.34. The molecule has 0 spiro atoms. The largest absolute Gasteiger partial charge is 1.00 e. The van der Waals surface area contributed by atoms with Gasteiger partial charge in [0.05, 0.1) is 42.6 Å². The van der Waals surface area contributed by atoms with Crippen molar-refractivity contribution in [2.24, 2.45) is 0 Å². The van der Waals surface area contributed by atoms with Crippen molar-refractivity contribution in [3.05, 3.63) is 118 Å². The Morgan fingerprint density at radius 3 is 2.06 bits per heavy atom. The maximum absolute atomic E-state index is 11.8. The van der Waals surface area contributed by atoms with E-state index in [9.17, 15) is 44.2 Å². The first-order valence-corrected chi connectivity index (χ1v) is 25.2. The van der Waals surface area contributed by atoms with Crippen molar-refractivity contribution >= 4 is 92.6 Å². The molecule has 0 unspecified atom stereocenters. The van der Waals surface area contributed by atoms with Gasteiger partial charge in [0.25, 0.3) is 0 Å². The molecule has 0 atom stereocenters. The first kappa shape index (κ1) is 58.6. The molecule has 0 radical (unpaired) electrons. The predicted molar refractivity (Wildman–Crippen MR) is 233 cm³/mol. The summed E-state index contributed by atoms with van der Waals surface area (Å²) in [5.74, 6) is -1.08. The zero-order chi connectivity index (χ0) is 45.0. The average molecular weight is 1060 g/mol. The summed E-state index contributed by atoms with van der Waals surface area (Å²) in [5.41, 5.74) is 5.57. The SMILES string of the molecule is CC1(C)C(=CC=C2CCC(C=CC3=[N+](CCCS(=O)(=O)[O-])c4ccc5cc(S(=O)(=O)[O-])ccc5c4C3(C)C)=C2Cl)N(CCCS(=O)(=O)[O-])c2ccc3cc(SOO[O-])ccc3c21.[K+].[K+].[K+]. The Balaban J connectivity index is 0.00000308. The summed E-state index contributed by atoms with van der Waals surface area (Å²) in [6, 6.07) is 17.2. The van der Waals surface area contributed by atoms with Gasteiger partial charge in [0.1, 0.15) is 16.7 Å². The van der Waals surface area contributed by atoms with E-state index in [0.717, 1.165) is 73.3 Å². The van der Waals surface area contributed by atoms with Crippen LogP contribution in [0, 0.1) is 0 Å². The summed E-state index contributed by atoms with van der Waals surface area (Å²) in [7, 11) is -13.6. The Labute approximate surface area is 517 Å². The van der Waals surface area contributed by atoms with Crippen LogP contribution in [0.5, 0.6) is 0 Å². The van der Waals surface area contributed by atoms with Gasteiger partial charge in [-0.05, 0) is 114 Å². The zero-order valence-corrected chi connectivity index (χ0v) is 50.4. The number of fused-ring (bicyclic) bond motifs is 6. The van der Waals surface area contributed by atoms with Gasteiger partial charge >= 0.3 is 154 Å². The molecule has 4 aromatic carbocycles. The molecule has 0 aromatic heterocycles. The average Bonchev–Trinajstić information content (AvgIpc) is 3.72. The molecule has 0 amide bonds. The third-order valence-electron chi connectivity index (χ3n) is 11.7. The first-order chi connectivity index (χ1) is 29.0. The second-order valence-electron chi connectivity index (χ2n) is 16.4. The molecule has 1 aliphatic carbocycles. The van der Waals surface area contributed by atoms with Crippen LogP contribution in [0.15, 0.2) is 117 Å². The van der Waals surface area contributed by atoms with E-state index in [0.29, 0.717) is 28.2 Å². The van der Waals surface area contributed by atoms with Crippen molar-refractivity contribution in [2.75, 3.05) is 29.5 Å². The fourth-order valence-electron chi connectivity index (χ4n) is 9.05. The molecule has 14 nitrogen and oxygen atoms in total. The first-order valence-electron chi connectivity index (χ1n) is 19.5. The smallest absolute Gasteiger partial charge is 0.748 e.